The summed E-state index contributed by atoms with van der Waals surface area (Å²) in [5.41, 5.74) is 6.62. The summed E-state index contributed by atoms with van der Waals surface area (Å²) in [6.07, 6.45) is 5.05. The lowest BCUT2D eigenvalue weighted by molar-refractivity contribution is 0.723. The number of imidazole rings is 1. The molecule has 0 aliphatic carbocycles. The summed E-state index contributed by atoms with van der Waals surface area (Å²) in [4.78, 5) is 9.10. The first-order chi connectivity index (χ1) is 9.36. The number of hydrogen-bond donors (Lipinski definition) is 2. The van der Waals surface area contributed by atoms with Crippen LogP contribution in [0.25, 0.3) is 20.7 Å². The van der Waals surface area contributed by atoms with Crippen molar-refractivity contribution >= 4 is 21.4 Å². The molecule has 3 N–H and O–H groups in total. The van der Waals surface area contributed by atoms with Crippen LogP contribution in [0, 0.1) is 0 Å². The summed E-state index contributed by atoms with van der Waals surface area (Å²) < 4.78 is 1.32. The zero-order valence-corrected chi connectivity index (χ0v) is 11.5. The third-order valence-electron chi connectivity index (χ3n) is 3.19. The molecule has 3 rings (SSSR count). The molecular weight excluding hydrogens is 254 g/mol. The minimum absolute atomic E-state index is 0.754. The number of nitrogens with one attached hydrogen (secondary N) is 1. The first-order valence-corrected chi connectivity index (χ1v) is 7.41. The van der Waals surface area contributed by atoms with E-state index in [4.69, 9.17) is 5.73 Å². The van der Waals surface area contributed by atoms with Crippen LogP contribution in [0.4, 0.5) is 0 Å². The number of nitrogens with two attached hydrogens (primary N) is 1. The maximum atomic E-state index is 5.50. The fraction of sp³-hybridized carbons (Fsp3) is 0.267. The number of aryl methyl sites for hydroxylation is 1. The van der Waals surface area contributed by atoms with E-state index in [1.807, 2.05) is 6.20 Å². The summed E-state index contributed by atoms with van der Waals surface area (Å²) in [7, 11) is 0. The van der Waals surface area contributed by atoms with Gasteiger partial charge in [-0.1, -0.05) is 18.2 Å². The number of H-pyrrole nitrogens is 1. The Morgan fingerprint density at radius 3 is 2.95 bits per heavy atom. The van der Waals surface area contributed by atoms with Gasteiger partial charge in [0, 0.05) is 11.1 Å². The molecule has 0 aliphatic rings. The predicted molar refractivity (Wildman–Crippen MR) is 81.4 cm³/mol. The number of nitrogens with zero attached hydrogens (tertiary/aromatic N) is 1. The summed E-state index contributed by atoms with van der Waals surface area (Å²) in [5, 5.41) is 1.29. The van der Waals surface area contributed by atoms with E-state index in [1.54, 1.807) is 11.3 Å². The Balaban J connectivity index is 1.81. The monoisotopic (exact) mass is 271 g/mol. The minimum atomic E-state index is 0.754. The molecule has 98 valence electrons. The van der Waals surface area contributed by atoms with Gasteiger partial charge in [0.25, 0.3) is 0 Å². The molecule has 0 unspecified atom stereocenters. The van der Waals surface area contributed by atoms with Gasteiger partial charge in [-0.2, -0.15) is 0 Å². The van der Waals surface area contributed by atoms with Gasteiger partial charge in [-0.15, -0.1) is 11.3 Å². The van der Waals surface area contributed by atoms with Crippen molar-refractivity contribution in [3.63, 3.8) is 0 Å². The standard InChI is InChI=1S/C15H17N3S/c16-8-4-3-7-15-17-10-12(18-15)14-9-11-5-1-2-6-13(11)19-14/h1-2,5-6,9-10H,3-4,7-8,16H2,(H,17,18). The van der Waals surface area contributed by atoms with Crippen molar-refractivity contribution in [1.29, 1.82) is 0 Å². The first kappa shape index (κ1) is 12.4. The molecule has 2 aromatic heterocycles. The number of unbranched alkanes of at least 4 members (excludes halogenated alkanes) is 1. The van der Waals surface area contributed by atoms with Crippen LogP contribution in [0.1, 0.15) is 18.7 Å². The van der Waals surface area contributed by atoms with Gasteiger partial charge in [0.2, 0.25) is 0 Å². The highest BCUT2D eigenvalue weighted by molar-refractivity contribution is 7.22. The quantitative estimate of drug-likeness (QED) is 0.697. The second-order valence-electron chi connectivity index (χ2n) is 4.64. The summed E-state index contributed by atoms with van der Waals surface area (Å²) in [6, 6.07) is 10.7. The number of fused-ring (bicyclic) bond motifs is 1. The van der Waals surface area contributed by atoms with Gasteiger partial charge in [-0.05, 0) is 36.9 Å². The predicted octanol–water partition coefficient (Wildman–Crippen LogP) is 3.57. The Hall–Kier alpha value is -1.65. The van der Waals surface area contributed by atoms with Crippen LogP contribution in [0.3, 0.4) is 0 Å². The Morgan fingerprint density at radius 2 is 2.11 bits per heavy atom. The summed E-state index contributed by atoms with van der Waals surface area (Å²) >= 11 is 1.80. The zero-order chi connectivity index (χ0) is 13.1. The van der Waals surface area contributed by atoms with Crippen LogP contribution in [-0.4, -0.2) is 16.5 Å². The number of aromatic nitrogens is 2. The fourth-order valence-corrected chi connectivity index (χ4v) is 3.19. The molecule has 0 saturated carbocycles. The van der Waals surface area contributed by atoms with Gasteiger partial charge in [0.05, 0.1) is 16.8 Å². The largest absolute Gasteiger partial charge is 0.341 e. The molecule has 1 aromatic carbocycles. The fourth-order valence-electron chi connectivity index (χ4n) is 2.17. The van der Waals surface area contributed by atoms with Crippen molar-refractivity contribution in [2.24, 2.45) is 5.73 Å². The van der Waals surface area contributed by atoms with Crippen molar-refractivity contribution in [1.82, 2.24) is 9.97 Å². The van der Waals surface area contributed by atoms with Crippen molar-refractivity contribution in [2.75, 3.05) is 6.54 Å². The van der Waals surface area contributed by atoms with Crippen LogP contribution in [-0.2, 0) is 6.42 Å². The molecule has 0 bridgehead atoms. The molecule has 0 radical (unpaired) electrons. The average molecular weight is 271 g/mol. The number of benzene rings is 1. The van der Waals surface area contributed by atoms with E-state index in [9.17, 15) is 0 Å². The molecule has 0 aliphatic heterocycles. The van der Waals surface area contributed by atoms with Crippen molar-refractivity contribution in [3.05, 3.63) is 42.4 Å². The Morgan fingerprint density at radius 1 is 1.21 bits per heavy atom. The highest BCUT2D eigenvalue weighted by Gasteiger charge is 2.07. The summed E-state index contributed by atoms with van der Waals surface area (Å²) in [6.45, 7) is 0.754. The Bertz CT molecular complexity index is 636. The third-order valence-corrected chi connectivity index (χ3v) is 4.34. The average Bonchev–Trinajstić information content (AvgIpc) is 3.04. The molecule has 0 spiro atoms. The van der Waals surface area contributed by atoms with Crippen molar-refractivity contribution < 1.29 is 0 Å². The summed E-state index contributed by atoms with van der Waals surface area (Å²) in [5.74, 6) is 1.06. The molecule has 0 amide bonds. The van der Waals surface area contributed by atoms with Crippen LogP contribution in [0.5, 0.6) is 0 Å². The maximum absolute atomic E-state index is 5.50. The van der Waals surface area contributed by atoms with Crippen molar-refractivity contribution in [2.45, 2.75) is 19.3 Å². The first-order valence-electron chi connectivity index (χ1n) is 6.60. The molecule has 3 nitrogen and oxygen atoms in total. The van der Waals surface area contributed by atoms with Gasteiger partial charge >= 0.3 is 0 Å². The van der Waals surface area contributed by atoms with Crippen molar-refractivity contribution in [3.8, 4) is 10.6 Å². The maximum Gasteiger partial charge on any atom is 0.106 e. The molecule has 4 heteroatoms. The Kier molecular flexibility index (Phi) is 3.62. The van der Waals surface area contributed by atoms with Gasteiger partial charge in [0.15, 0.2) is 0 Å². The SMILES string of the molecule is NCCCCc1ncc(-c2cc3ccccc3s2)[nH]1. The molecular formula is C15H17N3S. The second-order valence-corrected chi connectivity index (χ2v) is 5.72. The smallest absolute Gasteiger partial charge is 0.106 e. The van der Waals surface area contributed by atoms with E-state index < -0.39 is 0 Å². The van der Waals surface area contributed by atoms with E-state index in [0.29, 0.717) is 0 Å². The molecule has 0 saturated heterocycles. The second kappa shape index (κ2) is 5.55. The van der Waals surface area contributed by atoms with Crippen LogP contribution < -0.4 is 5.73 Å². The highest BCUT2D eigenvalue weighted by Crippen LogP contribution is 2.32. The molecule has 0 atom stereocenters. The lowest BCUT2D eigenvalue weighted by Crippen LogP contribution is -1.99. The van der Waals surface area contributed by atoms with E-state index in [0.717, 1.165) is 37.3 Å². The van der Waals surface area contributed by atoms with E-state index in [-0.39, 0.29) is 0 Å². The third kappa shape index (κ3) is 2.69. The zero-order valence-electron chi connectivity index (χ0n) is 10.7. The lowest BCUT2D eigenvalue weighted by Gasteiger charge is -1.95. The van der Waals surface area contributed by atoms with E-state index >= 15 is 0 Å². The minimum Gasteiger partial charge on any atom is -0.341 e. The number of hydrogen-bond acceptors (Lipinski definition) is 3. The van der Waals surface area contributed by atoms with Crippen LogP contribution in [0.15, 0.2) is 36.5 Å². The highest BCUT2D eigenvalue weighted by atomic mass is 32.1. The topological polar surface area (TPSA) is 54.7 Å². The molecule has 2 heterocycles. The molecule has 3 aromatic rings. The molecule has 0 fully saturated rings. The number of thiophene rings is 1. The normalized spacial score (nSPS) is 11.2. The molecule has 19 heavy (non-hydrogen) atoms. The van der Waals surface area contributed by atoms with Crippen LogP contribution >= 0.6 is 11.3 Å². The van der Waals surface area contributed by atoms with Gasteiger partial charge in [0.1, 0.15) is 5.82 Å². The lowest BCUT2D eigenvalue weighted by atomic mass is 10.2. The van der Waals surface area contributed by atoms with E-state index in [2.05, 4.69) is 40.3 Å². The van der Waals surface area contributed by atoms with Gasteiger partial charge in [-0.25, -0.2) is 4.98 Å². The number of rotatable bonds is 5. The number of aromatic amines is 1. The van der Waals surface area contributed by atoms with E-state index in [1.165, 1.54) is 15.0 Å². The van der Waals surface area contributed by atoms with Crippen LogP contribution in [0.2, 0.25) is 0 Å². The van der Waals surface area contributed by atoms with Gasteiger partial charge < -0.3 is 10.7 Å². The Labute approximate surface area is 116 Å². The van der Waals surface area contributed by atoms with Gasteiger partial charge in [-0.3, -0.25) is 0 Å².